The molecule has 0 bridgehead atoms. The maximum atomic E-state index is 13.0. The number of hydrogen-bond donors (Lipinski definition) is 1. The zero-order valence-corrected chi connectivity index (χ0v) is 15.4. The number of rotatable bonds is 7. The van der Waals surface area contributed by atoms with Gasteiger partial charge in [-0.1, -0.05) is 44.2 Å². The Balaban J connectivity index is 2.61. The number of benzene rings is 2. The smallest absolute Gasteiger partial charge is 0.266 e. The number of anilines is 1. The van der Waals surface area contributed by atoms with Crippen LogP contribution in [0.1, 0.15) is 31.4 Å². The van der Waals surface area contributed by atoms with Crippen LogP contribution in [0.15, 0.2) is 47.6 Å². The van der Waals surface area contributed by atoms with Crippen molar-refractivity contribution in [2.24, 2.45) is 11.0 Å². The summed E-state index contributed by atoms with van der Waals surface area (Å²) in [4.78, 5) is 20.4. The lowest BCUT2D eigenvalue weighted by atomic mass is 10.0. The van der Waals surface area contributed by atoms with Gasteiger partial charge in [0.15, 0.2) is 0 Å². The lowest BCUT2D eigenvalue weighted by Gasteiger charge is -2.12. The standard InChI is InChI=1S/C18H17F3N4O4/c1-11(2)8-14(12-6-4-3-5-7-12)22-23-17-15(24(26)27)9-13(18(19,20)21)10-16(17)25(28)29/h3-7,9-11,23H,8H2,1-2H3/b22-14-. The van der Waals surface area contributed by atoms with Crippen LogP contribution in [0.25, 0.3) is 0 Å². The third-order valence-corrected chi connectivity index (χ3v) is 3.83. The normalized spacial score (nSPS) is 12.1. The van der Waals surface area contributed by atoms with E-state index in [0.717, 1.165) is 0 Å². The van der Waals surface area contributed by atoms with Crippen LogP contribution in [-0.2, 0) is 6.18 Å². The summed E-state index contributed by atoms with van der Waals surface area (Å²) >= 11 is 0. The van der Waals surface area contributed by atoms with Crippen molar-refractivity contribution in [2.75, 3.05) is 5.43 Å². The molecule has 0 fully saturated rings. The van der Waals surface area contributed by atoms with Gasteiger partial charge in [-0.3, -0.25) is 25.7 Å². The largest absolute Gasteiger partial charge is 0.416 e. The van der Waals surface area contributed by atoms with E-state index in [-0.39, 0.29) is 18.1 Å². The van der Waals surface area contributed by atoms with Gasteiger partial charge < -0.3 is 0 Å². The summed E-state index contributed by atoms with van der Waals surface area (Å²) in [6, 6.07) is 9.22. The van der Waals surface area contributed by atoms with Crippen LogP contribution in [0, 0.1) is 26.1 Å². The molecule has 0 atom stereocenters. The van der Waals surface area contributed by atoms with Gasteiger partial charge in [0.2, 0.25) is 5.69 Å². The Hall–Kier alpha value is -3.50. The van der Waals surface area contributed by atoms with Crippen LogP contribution in [-0.4, -0.2) is 15.6 Å². The van der Waals surface area contributed by atoms with Gasteiger partial charge in [-0.15, -0.1) is 0 Å². The van der Waals surface area contributed by atoms with E-state index >= 15 is 0 Å². The average Bonchev–Trinajstić information content (AvgIpc) is 2.63. The van der Waals surface area contributed by atoms with Gasteiger partial charge in [0.1, 0.15) is 0 Å². The molecule has 0 aliphatic rings. The Bertz CT molecular complexity index is 909. The molecule has 0 aliphatic heterocycles. The van der Waals surface area contributed by atoms with E-state index < -0.39 is 38.6 Å². The molecule has 0 heterocycles. The Morgan fingerprint density at radius 1 is 1.07 bits per heavy atom. The molecule has 2 aromatic carbocycles. The van der Waals surface area contributed by atoms with E-state index in [9.17, 15) is 33.4 Å². The van der Waals surface area contributed by atoms with Crippen molar-refractivity contribution in [3.8, 4) is 0 Å². The molecule has 0 spiro atoms. The number of nitrogens with one attached hydrogen (secondary N) is 1. The predicted octanol–water partition coefficient (Wildman–Crippen LogP) is 5.38. The quantitative estimate of drug-likeness (QED) is 0.374. The fraction of sp³-hybridized carbons (Fsp3) is 0.278. The number of hydrogen-bond acceptors (Lipinski definition) is 6. The fourth-order valence-electron chi connectivity index (χ4n) is 2.55. The van der Waals surface area contributed by atoms with Crippen LogP contribution in [0.4, 0.5) is 30.2 Å². The minimum absolute atomic E-state index is 0.133. The molecular weight excluding hydrogens is 393 g/mol. The van der Waals surface area contributed by atoms with Gasteiger partial charge in [-0.25, -0.2) is 0 Å². The number of nitro groups is 2. The van der Waals surface area contributed by atoms with Crippen LogP contribution < -0.4 is 5.43 Å². The molecule has 0 saturated heterocycles. The molecule has 154 valence electrons. The third kappa shape index (κ3) is 5.50. The Kier molecular flexibility index (Phi) is 6.52. The van der Waals surface area contributed by atoms with Gasteiger partial charge >= 0.3 is 17.6 Å². The molecule has 29 heavy (non-hydrogen) atoms. The molecule has 0 aromatic heterocycles. The van der Waals surface area contributed by atoms with Crippen molar-refractivity contribution < 1.29 is 23.0 Å². The lowest BCUT2D eigenvalue weighted by molar-refractivity contribution is -0.392. The Morgan fingerprint density at radius 2 is 1.59 bits per heavy atom. The lowest BCUT2D eigenvalue weighted by Crippen LogP contribution is -2.11. The molecule has 0 radical (unpaired) electrons. The van der Waals surface area contributed by atoms with Crippen molar-refractivity contribution in [3.05, 3.63) is 73.8 Å². The Morgan fingerprint density at radius 3 is 2.00 bits per heavy atom. The first kappa shape index (κ1) is 21.8. The van der Waals surface area contributed by atoms with Gasteiger partial charge in [-0.2, -0.15) is 18.3 Å². The van der Waals surface area contributed by atoms with Crippen LogP contribution in [0.2, 0.25) is 0 Å². The summed E-state index contributed by atoms with van der Waals surface area (Å²) < 4.78 is 39.0. The van der Waals surface area contributed by atoms with E-state index in [4.69, 9.17) is 0 Å². The monoisotopic (exact) mass is 410 g/mol. The van der Waals surface area contributed by atoms with Crippen LogP contribution >= 0.6 is 0 Å². The number of nitrogens with zero attached hydrogens (tertiary/aromatic N) is 3. The predicted molar refractivity (Wildman–Crippen MR) is 101 cm³/mol. The number of hydrazone groups is 1. The van der Waals surface area contributed by atoms with Gasteiger partial charge in [0.05, 0.1) is 21.1 Å². The molecule has 0 saturated carbocycles. The van der Waals surface area contributed by atoms with Gasteiger partial charge in [0.25, 0.3) is 0 Å². The molecule has 11 heteroatoms. The molecule has 0 aliphatic carbocycles. The summed E-state index contributed by atoms with van der Waals surface area (Å²) in [5, 5.41) is 26.6. The summed E-state index contributed by atoms with van der Waals surface area (Å²) in [5.41, 5.74) is -1.00. The van der Waals surface area contributed by atoms with Crippen molar-refractivity contribution in [3.63, 3.8) is 0 Å². The Labute approximate surface area is 163 Å². The second-order valence-electron chi connectivity index (χ2n) is 6.54. The first-order valence-corrected chi connectivity index (χ1v) is 8.42. The van der Waals surface area contributed by atoms with E-state index in [0.29, 0.717) is 17.7 Å². The highest BCUT2D eigenvalue weighted by Gasteiger charge is 2.37. The van der Waals surface area contributed by atoms with Gasteiger partial charge in [-0.05, 0) is 17.9 Å². The van der Waals surface area contributed by atoms with Crippen molar-refractivity contribution in [1.82, 2.24) is 0 Å². The fourth-order valence-corrected chi connectivity index (χ4v) is 2.55. The number of halogens is 3. The minimum atomic E-state index is -4.98. The summed E-state index contributed by atoms with van der Waals surface area (Å²) in [7, 11) is 0. The summed E-state index contributed by atoms with van der Waals surface area (Å²) in [6.07, 6.45) is -4.55. The molecule has 0 unspecified atom stereocenters. The maximum absolute atomic E-state index is 13.0. The van der Waals surface area contributed by atoms with Crippen molar-refractivity contribution in [1.29, 1.82) is 0 Å². The highest BCUT2D eigenvalue weighted by molar-refractivity contribution is 6.01. The second kappa shape index (κ2) is 8.67. The average molecular weight is 410 g/mol. The molecule has 1 N–H and O–H groups in total. The zero-order chi connectivity index (χ0) is 21.8. The third-order valence-electron chi connectivity index (χ3n) is 3.83. The van der Waals surface area contributed by atoms with E-state index in [1.807, 2.05) is 13.8 Å². The first-order chi connectivity index (χ1) is 13.5. The van der Waals surface area contributed by atoms with Crippen molar-refractivity contribution >= 4 is 22.8 Å². The van der Waals surface area contributed by atoms with Crippen LogP contribution in [0.5, 0.6) is 0 Å². The second-order valence-corrected chi connectivity index (χ2v) is 6.54. The van der Waals surface area contributed by atoms with E-state index in [1.165, 1.54) is 0 Å². The minimum Gasteiger partial charge on any atom is -0.266 e. The van der Waals surface area contributed by atoms with E-state index in [1.54, 1.807) is 30.3 Å². The molecular formula is C18H17F3N4O4. The zero-order valence-electron chi connectivity index (χ0n) is 15.4. The van der Waals surface area contributed by atoms with Gasteiger partial charge in [0, 0.05) is 12.1 Å². The highest BCUT2D eigenvalue weighted by atomic mass is 19.4. The van der Waals surface area contributed by atoms with E-state index in [2.05, 4.69) is 10.5 Å². The first-order valence-electron chi connectivity index (χ1n) is 8.42. The maximum Gasteiger partial charge on any atom is 0.416 e. The molecule has 8 nitrogen and oxygen atoms in total. The molecule has 0 amide bonds. The summed E-state index contributed by atoms with van der Waals surface area (Å²) in [6.45, 7) is 3.81. The number of nitro benzene ring substituents is 2. The number of alkyl halides is 3. The topological polar surface area (TPSA) is 111 Å². The molecule has 2 rings (SSSR count). The van der Waals surface area contributed by atoms with Crippen LogP contribution in [0.3, 0.4) is 0 Å². The van der Waals surface area contributed by atoms with Crippen molar-refractivity contribution in [2.45, 2.75) is 26.4 Å². The summed E-state index contributed by atoms with van der Waals surface area (Å²) in [5.74, 6) is 0.133. The highest BCUT2D eigenvalue weighted by Crippen LogP contribution is 2.41. The SMILES string of the molecule is CC(C)C/C(=N/Nc1c([N+](=O)[O-])cc(C(F)(F)F)cc1[N+](=O)[O-])c1ccccc1. The molecule has 2 aromatic rings.